The number of benzene rings is 2. The predicted molar refractivity (Wildman–Crippen MR) is 72.6 cm³/mol. The molecule has 0 fully saturated rings. The van der Waals surface area contributed by atoms with Gasteiger partial charge in [-0.1, -0.05) is 24.3 Å². The molecule has 2 aromatic rings. The number of methoxy groups -OCH3 is 1. The second-order valence-corrected chi connectivity index (χ2v) is 4.15. The van der Waals surface area contributed by atoms with Crippen molar-refractivity contribution in [3.63, 3.8) is 0 Å². The Morgan fingerprint density at radius 1 is 1.00 bits per heavy atom. The van der Waals surface area contributed by atoms with Gasteiger partial charge in [0.1, 0.15) is 5.75 Å². The van der Waals surface area contributed by atoms with E-state index in [4.69, 9.17) is 14.7 Å². The number of ether oxygens (including phenoxy) is 2. The maximum Gasteiger partial charge on any atom is 0.119 e. The van der Waals surface area contributed by atoms with Crippen molar-refractivity contribution in [2.45, 2.75) is 13.2 Å². The van der Waals surface area contributed by atoms with Gasteiger partial charge in [0.25, 0.3) is 0 Å². The van der Waals surface area contributed by atoms with Crippen LogP contribution in [0, 0.1) is 11.3 Å². The van der Waals surface area contributed by atoms with Gasteiger partial charge in [-0.2, -0.15) is 5.26 Å². The van der Waals surface area contributed by atoms with Crippen LogP contribution < -0.4 is 4.74 Å². The van der Waals surface area contributed by atoms with Gasteiger partial charge in [-0.25, -0.2) is 0 Å². The fourth-order valence-electron chi connectivity index (χ4n) is 1.72. The third-order valence-electron chi connectivity index (χ3n) is 2.75. The van der Waals surface area contributed by atoms with Crippen molar-refractivity contribution >= 4 is 0 Å². The van der Waals surface area contributed by atoms with E-state index in [2.05, 4.69) is 6.07 Å². The van der Waals surface area contributed by atoms with Gasteiger partial charge in [0.15, 0.2) is 0 Å². The minimum atomic E-state index is 0.531. The zero-order chi connectivity index (χ0) is 13.5. The van der Waals surface area contributed by atoms with Gasteiger partial charge >= 0.3 is 0 Å². The molecule has 3 nitrogen and oxygen atoms in total. The molecule has 0 aliphatic heterocycles. The lowest BCUT2D eigenvalue weighted by atomic mass is 10.1. The van der Waals surface area contributed by atoms with E-state index in [1.807, 2.05) is 36.4 Å². The predicted octanol–water partition coefficient (Wildman–Crippen LogP) is 3.28. The molecule has 0 unspecified atom stereocenters. The zero-order valence-corrected chi connectivity index (χ0v) is 10.8. The van der Waals surface area contributed by atoms with E-state index in [-0.39, 0.29) is 0 Å². The molecular weight excluding hydrogens is 238 g/mol. The monoisotopic (exact) mass is 253 g/mol. The Morgan fingerprint density at radius 3 is 2.42 bits per heavy atom. The highest BCUT2D eigenvalue weighted by Gasteiger charge is 1.98. The lowest BCUT2D eigenvalue weighted by Crippen LogP contribution is -1.95. The van der Waals surface area contributed by atoms with Gasteiger partial charge in [0.2, 0.25) is 0 Å². The van der Waals surface area contributed by atoms with E-state index in [9.17, 15) is 0 Å². The average molecular weight is 253 g/mol. The van der Waals surface area contributed by atoms with Crippen LogP contribution in [0.15, 0.2) is 48.5 Å². The highest BCUT2D eigenvalue weighted by molar-refractivity contribution is 5.31. The third-order valence-corrected chi connectivity index (χ3v) is 2.75. The zero-order valence-electron chi connectivity index (χ0n) is 10.8. The first kappa shape index (κ1) is 13.1. The smallest absolute Gasteiger partial charge is 0.119 e. The number of hydrogen-bond donors (Lipinski definition) is 0. The fourth-order valence-corrected chi connectivity index (χ4v) is 1.72. The van der Waals surface area contributed by atoms with Crippen LogP contribution in [0.1, 0.15) is 16.7 Å². The van der Waals surface area contributed by atoms with Crippen LogP contribution in [0.4, 0.5) is 0 Å². The Hall–Kier alpha value is -2.31. The minimum absolute atomic E-state index is 0.531. The lowest BCUT2D eigenvalue weighted by Gasteiger charge is -2.06. The first-order chi connectivity index (χ1) is 9.31. The van der Waals surface area contributed by atoms with Crippen molar-refractivity contribution in [2.24, 2.45) is 0 Å². The van der Waals surface area contributed by atoms with Gasteiger partial charge < -0.3 is 9.47 Å². The molecule has 0 spiro atoms. The molecular formula is C16H15NO2. The number of rotatable bonds is 5. The Bertz CT molecular complexity index is 570. The Labute approximate surface area is 113 Å². The summed E-state index contributed by atoms with van der Waals surface area (Å²) in [6.07, 6.45) is 0. The van der Waals surface area contributed by atoms with Crippen LogP contribution in [0.3, 0.4) is 0 Å². The van der Waals surface area contributed by atoms with Crippen LogP contribution >= 0.6 is 0 Å². The Kier molecular flexibility index (Phi) is 4.54. The van der Waals surface area contributed by atoms with E-state index in [0.29, 0.717) is 18.8 Å². The molecule has 0 aliphatic carbocycles. The minimum Gasteiger partial charge on any atom is -0.497 e. The molecule has 0 aromatic heterocycles. The first-order valence-electron chi connectivity index (χ1n) is 6.01. The fraction of sp³-hybridized carbons (Fsp3) is 0.188. The summed E-state index contributed by atoms with van der Waals surface area (Å²) in [6, 6.07) is 17.3. The molecule has 0 aliphatic rings. The van der Waals surface area contributed by atoms with Crippen LogP contribution in [0.2, 0.25) is 0 Å². The summed E-state index contributed by atoms with van der Waals surface area (Å²) in [6.45, 7) is 1.07. The third kappa shape index (κ3) is 3.84. The van der Waals surface area contributed by atoms with E-state index in [1.165, 1.54) is 0 Å². The van der Waals surface area contributed by atoms with E-state index < -0.39 is 0 Å². The summed E-state index contributed by atoms with van der Waals surface area (Å²) in [7, 11) is 1.65. The molecule has 0 bridgehead atoms. The molecule has 0 saturated heterocycles. The van der Waals surface area contributed by atoms with Crippen LogP contribution in [-0.2, 0) is 18.0 Å². The number of nitriles is 1. The van der Waals surface area contributed by atoms with Crippen LogP contribution in [0.25, 0.3) is 0 Å². The highest BCUT2D eigenvalue weighted by Crippen LogP contribution is 2.14. The van der Waals surface area contributed by atoms with Gasteiger partial charge in [-0.15, -0.1) is 0 Å². The van der Waals surface area contributed by atoms with Crippen molar-refractivity contribution < 1.29 is 9.47 Å². The normalized spacial score (nSPS) is 9.89. The quantitative estimate of drug-likeness (QED) is 0.821. The number of hydrogen-bond acceptors (Lipinski definition) is 3. The van der Waals surface area contributed by atoms with Crippen LogP contribution in [-0.4, -0.2) is 7.11 Å². The van der Waals surface area contributed by atoms with E-state index in [1.54, 1.807) is 19.2 Å². The van der Waals surface area contributed by atoms with Crippen molar-refractivity contribution in [1.82, 2.24) is 0 Å². The van der Waals surface area contributed by atoms with Crippen molar-refractivity contribution in [3.05, 3.63) is 65.2 Å². The van der Waals surface area contributed by atoms with E-state index in [0.717, 1.165) is 16.9 Å². The summed E-state index contributed by atoms with van der Waals surface area (Å²) in [5, 5.41) is 8.71. The summed E-state index contributed by atoms with van der Waals surface area (Å²) >= 11 is 0. The molecule has 2 rings (SSSR count). The summed E-state index contributed by atoms with van der Waals surface area (Å²) in [4.78, 5) is 0. The maximum absolute atomic E-state index is 8.71. The summed E-state index contributed by atoms with van der Waals surface area (Å²) in [5.41, 5.74) is 2.80. The first-order valence-corrected chi connectivity index (χ1v) is 6.01. The second-order valence-electron chi connectivity index (χ2n) is 4.15. The molecule has 0 saturated carbocycles. The molecule has 96 valence electrons. The summed E-state index contributed by atoms with van der Waals surface area (Å²) < 4.78 is 10.8. The van der Waals surface area contributed by atoms with Gasteiger partial charge in [-0.05, 0) is 35.4 Å². The van der Waals surface area contributed by atoms with Crippen molar-refractivity contribution in [2.75, 3.05) is 7.11 Å². The maximum atomic E-state index is 8.71. The second kappa shape index (κ2) is 6.58. The molecule has 3 heteroatoms. The Morgan fingerprint density at radius 2 is 1.74 bits per heavy atom. The largest absolute Gasteiger partial charge is 0.497 e. The van der Waals surface area contributed by atoms with Gasteiger partial charge in [0.05, 0.1) is 32.0 Å². The standard InChI is InChI=1S/C16H15NO2/c1-18-16-4-2-3-15(9-16)12-19-11-14-7-5-13(10-17)6-8-14/h2-9H,11-12H2,1H3. The average Bonchev–Trinajstić information content (AvgIpc) is 2.48. The summed E-state index contributed by atoms with van der Waals surface area (Å²) in [5.74, 6) is 0.833. The molecule has 0 heterocycles. The molecule has 0 atom stereocenters. The van der Waals surface area contributed by atoms with Crippen molar-refractivity contribution in [3.8, 4) is 11.8 Å². The molecule has 19 heavy (non-hydrogen) atoms. The molecule has 0 N–H and O–H groups in total. The van der Waals surface area contributed by atoms with Crippen molar-refractivity contribution in [1.29, 1.82) is 5.26 Å². The SMILES string of the molecule is COc1cccc(COCc2ccc(C#N)cc2)c1. The topological polar surface area (TPSA) is 42.2 Å². The number of nitrogens with zero attached hydrogens (tertiary/aromatic N) is 1. The molecule has 0 radical (unpaired) electrons. The van der Waals surface area contributed by atoms with Crippen LogP contribution in [0.5, 0.6) is 5.75 Å². The molecule has 0 amide bonds. The highest BCUT2D eigenvalue weighted by atomic mass is 16.5. The molecule has 2 aromatic carbocycles. The van der Waals surface area contributed by atoms with Gasteiger partial charge in [0, 0.05) is 0 Å². The van der Waals surface area contributed by atoms with E-state index >= 15 is 0 Å². The van der Waals surface area contributed by atoms with Gasteiger partial charge in [-0.3, -0.25) is 0 Å². The lowest BCUT2D eigenvalue weighted by molar-refractivity contribution is 0.107. The Balaban J connectivity index is 1.87.